The molecule has 2 fully saturated rings. The van der Waals surface area contributed by atoms with E-state index < -0.39 is 0 Å². The third-order valence-electron chi connectivity index (χ3n) is 4.57. The van der Waals surface area contributed by atoms with E-state index in [0.717, 1.165) is 24.8 Å². The van der Waals surface area contributed by atoms with E-state index in [2.05, 4.69) is 24.1 Å². The van der Waals surface area contributed by atoms with Gasteiger partial charge in [0.2, 0.25) is 5.91 Å². The van der Waals surface area contributed by atoms with Gasteiger partial charge in [0.25, 0.3) is 0 Å². The largest absolute Gasteiger partial charge is 0.326 e. The maximum atomic E-state index is 11.8. The van der Waals surface area contributed by atoms with Crippen LogP contribution in [0.1, 0.15) is 52.4 Å². The highest BCUT2D eigenvalue weighted by Gasteiger charge is 2.31. The molecule has 1 aliphatic carbocycles. The molecular weight excluding hydrogens is 212 g/mol. The summed E-state index contributed by atoms with van der Waals surface area (Å²) >= 11 is 0. The molecule has 2 aliphatic rings. The van der Waals surface area contributed by atoms with Gasteiger partial charge in [0.15, 0.2) is 0 Å². The zero-order valence-electron chi connectivity index (χ0n) is 11.2. The predicted octanol–water partition coefficient (Wildman–Crippen LogP) is 2.37. The lowest BCUT2D eigenvalue weighted by Crippen LogP contribution is -2.40. The van der Waals surface area contributed by atoms with Crippen molar-refractivity contribution < 1.29 is 4.79 Å². The molecule has 0 aromatic heterocycles. The summed E-state index contributed by atoms with van der Waals surface area (Å²) in [7, 11) is 0. The van der Waals surface area contributed by atoms with E-state index >= 15 is 0 Å². The molecule has 1 amide bonds. The van der Waals surface area contributed by atoms with Crippen LogP contribution < -0.4 is 5.32 Å². The molecule has 1 unspecified atom stereocenters. The molecule has 0 aromatic rings. The van der Waals surface area contributed by atoms with E-state index in [0.29, 0.717) is 18.6 Å². The average Bonchev–Trinajstić information content (AvgIpc) is 2.71. The van der Waals surface area contributed by atoms with Crippen molar-refractivity contribution in [1.29, 1.82) is 0 Å². The van der Waals surface area contributed by atoms with Crippen molar-refractivity contribution in [1.82, 2.24) is 10.2 Å². The number of hydrogen-bond acceptors (Lipinski definition) is 2. The Bertz CT molecular complexity index is 259. The fourth-order valence-corrected chi connectivity index (χ4v) is 3.28. The van der Waals surface area contributed by atoms with Crippen molar-refractivity contribution >= 4 is 5.91 Å². The number of carbonyl (C=O) groups is 1. The van der Waals surface area contributed by atoms with Crippen molar-refractivity contribution in [3.05, 3.63) is 0 Å². The van der Waals surface area contributed by atoms with Crippen LogP contribution in [-0.2, 0) is 4.79 Å². The Morgan fingerprint density at radius 3 is 2.35 bits per heavy atom. The zero-order valence-corrected chi connectivity index (χ0v) is 11.2. The van der Waals surface area contributed by atoms with Gasteiger partial charge in [-0.3, -0.25) is 10.1 Å². The molecule has 0 aromatic carbocycles. The quantitative estimate of drug-likeness (QED) is 0.815. The van der Waals surface area contributed by atoms with Gasteiger partial charge in [0.1, 0.15) is 0 Å². The van der Waals surface area contributed by atoms with Crippen LogP contribution in [0, 0.1) is 11.8 Å². The molecule has 3 heteroatoms. The van der Waals surface area contributed by atoms with E-state index in [-0.39, 0.29) is 0 Å². The summed E-state index contributed by atoms with van der Waals surface area (Å²) in [6, 6.07) is 0. The van der Waals surface area contributed by atoms with Gasteiger partial charge < -0.3 is 4.90 Å². The average molecular weight is 238 g/mol. The predicted molar refractivity (Wildman–Crippen MR) is 69.5 cm³/mol. The molecule has 1 N–H and O–H groups in total. The van der Waals surface area contributed by atoms with Gasteiger partial charge in [-0.2, -0.15) is 0 Å². The number of nitrogens with one attached hydrogen (secondary N) is 1. The number of amides is 1. The van der Waals surface area contributed by atoms with E-state index in [1.807, 2.05) is 0 Å². The molecule has 3 nitrogen and oxygen atoms in total. The SMILES string of the molecule is CCC1CCC(CN2C(=O)CNC2CC)CC1. The molecule has 1 saturated carbocycles. The van der Waals surface area contributed by atoms with Crippen LogP contribution >= 0.6 is 0 Å². The molecule has 1 saturated heterocycles. The standard InChI is InChI=1S/C14H26N2O/c1-3-11-5-7-12(8-6-11)10-16-13(4-2)15-9-14(16)17/h11-13,15H,3-10H2,1-2H3. The topological polar surface area (TPSA) is 32.3 Å². The molecule has 1 aliphatic heterocycles. The van der Waals surface area contributed by atoms with Gasteiger partial charge in [0.05, 0.1) is 12.7 Å². The van der Waals surface area contributed by atoms with Crippen molar-refractivity contribution in [2.45, 2.75) is 58.5 Å². The summed E-state index contributed by atoms with van der Waals surface area (Å²) in [5, 5.41) is 3.29. The minimum absolute atomic E-state index is 0.298. The van der Waals surface area contributed by atoms with Crippen LogP contribution in [-0.4, -0.2) is 30.1 Å². The maximum absolute atomic E-state index is 11.8. The monoisotopic (exact) mass is 238 g/mol. The van der Waals surface area contributed by atoms with Crippen molar-refractivity contribution in [2.75, 3.05) is 13.1 Å². The molecule has 17 heavy (non-hydrogen) atoms. The Morgan fingerprint density at radius 2 is 1.76 bits per heavy atom. The summed E-state index contributed by atoms with van der Waals surface area (Å²) in [4.78, 5) is 13.9. The molecule has 2 rings (SSSR count). The molecular formula is C14H26N2O. The van der Waals surface area contributed by atoms with Gasteiger partial charge in [-0.1, -0.05) is 33.1 Å². The van der Waals surface area contributed by atoms with Crippen molar-refractivity contribution in [3.8, 4) is 0 Å². The lowest BCUT2D eigenvalue weighted by atomic mass is 9.80. The van der Waals surface area contributed by atoms with Gasteiger partial charge in [-0.25, -0.2) is 0 Å². The van der Waals surface area contributed by atoms with Crippen molar-refractivity contribution in [3.63, 3.8) is 0 Å². The Morgan fingerprint density at radius 1 is 1.12 bits per heavy atom. The fraction of sp³-hybridized carbons (Fsp3) is 0.929. The molecule has 1 atom stereocenters. The first-order chi connectivity index (χ1) is 8.24. The van der Waals surface area contributed by atoms with Gasteiger partial charge in [-0.05, 0) is 31.1 Å². The first-order valence-electron chi connectivity index (χ1n) is 7.27. The minimum atomic E-state index is 0.298. The molecule has 1 heterocycles. The van der Waals surface area contributed by atoms with Crippen LogP contribution in [0.5, 0.6) is 0 Å². The Balaban J connectivity index is 1.82. The van der Waals surface area contributed by atoms with Crippen LogP contribution in [0.15, 0.2) is 0 Å². The number of carbonyl (C=O) groups excluding carboxylic acids is 1. The Hall–Kier alpha value is -0.570. The Kier molecular flexibility index (Phi) is 4.43. The molecule has 0 spiro atoms. The summed E-state index contributed by atoms with van der Waals surface area (Å²) in [6.45, 7) is 5.98. The fourth-order valence-electron chi connectivity index (χ4n) is 3.28. The number of nitrogens with zero attached hydrogens (tertiary/aromatic N) is 1. The highest BCUT2D eigenvalue weighted by molar-refractivity contribution is 5.80. The van der Waals surface area contributed by atoms with Crippen LogP contribution in [0.25, 0.3) is 0 Å². The molecule has 0 bridgehead atoms. The maximum Gasteiger partial charge on any atom is 0.237 e. The number of hydrogen-bond donors (Lipinski definition) is 1. The summed E-state index contributed by atoms with van der Waals surface area (Å²) in [5.74, 6) is 1.99. The van der Waals surface area contributed by atoms with Crippen LogP contribution in [0.3, 0.4) is 0 Å². The second-order valence-corrected chi connectivity index (χ2v) is 5.65. The summed E-state index contributed by atoms with van der Waals surface area (Å²) in [5.41, 5.74) is 0. The van der Waals surface area contributed by atoms with E-state index in [1.165, 1.54) is 32.1 Å². The molecule has 0 radical (unpaired) electrons. The highest BCUT2D eigenvalue weighted by Crippen LogP contribution is 2.31. The van der Waals surface area contributed by atoms with Gasteiger partial charge in [0, 0.05) is 6.54 Å². The van der Waals surface area contributed by atoms with E-state index in [1.54, 1.807) is 0 Å². The first kappa shape index (κ1) is 12.9. The lowest BCUT2D eigenvalue weighted by molar-refractivity contribution is -0.128. The smallest absolute Gasteiger partial charge is 0.237 e. The normalized spacial score (nSPS) is 34.4. The first-order valence-corrected chi connectivity index (χ1v) is 7.27. The van der Waals surface area contributed by atoms with Crippen molar-refractivity contribution in [2.24, 2.45) is 11.8 Å². The minimum Gasteiger partial charge on any atom is -0.326 e. The third-order valence-corrected chi connectivity index (χ3v) is 4.57. The van der Waals surface area contributed by atoms with E-state index in [9.17, 15) is 4.79 Å². The Labute approximate surface area is 105 Å². The third kappa shape index (κ3) is 3.01. The second-order valence-electron chi connectivity index (χ2n) is 5.65. The number of rotatable bonds is 4. The summed E-state index contributed by atoms with van der Waals surface area (Å²) < 4.78 is 0. The zero-order chi connectivity index (χ0) is 12.3. The highest BCUT2D eigenvalue weighted by atomic mass is 16.2. The summed E-state index contributed by atoms with van der Waals surface area (Å²) in [6.07, 6.45) is 8.02. The van der Waals surface area contributed by atoms with Gasteiger partial charge >= 0.3 is 0 Å². The second kappa shape index (κ2) is 5.85. The van der Waals surface area contributed by atoms with Crippen LogP contribution in [0.2, 0.25) is 0 Å². The lowest BCUT2D eigenvalue weighted by Gasteiger charge is -2.32. The van der Waals surface area contributed by atoms with Crippen LogP contribution in [0.4, 0.5) is 0 Å². The van der Waals surface area contributed by atoms with Gasteiger partial charge in [-0.15, -0.1) is 0 Å². The molecule has 98 valence electrons. The van der Waals surface area contributed by atoms with E-state index in [4.69, 9.17) is 0 Å².